The van der Waals surface area contributed by atoms with Gasteiger partial charge in [0.1, 0.15) is 89.4 Å². The zero-order chi connectivity index (χ0) is 57.2. The van der Waals surface area contributed by atoms with E-state index in [9.17, 15) is 20.4 Å². The van der Waals surface area contributed by atoms with Crippen LogP contribution in [0.1, 0.15) is 49.9 Å². The molecule has 2 aromatic rings. The van der Waals surface area contributed by atoms with E-state index in [2.05, 4.69) is 0 Å². The fraction of sp³-hybridized carbons (Fsp3) is 0.600. The van der Waals surface area contributed by atoms with Crippen molar-refractivity contribution in [2.24, 2.45) is 0 Å². The second-order valence-corrected chi connectivity index (χ2v) is 23.0. The summed E-state index contributed by atoms with van der Waals surface area (Å²) in [7, 11) is 0. The van der Waals surface area contributed by atoms with E-state index >= 15 is 38.4 Å². The van der Waals surface area contributed by atoms with E-state index in [1.807, 2.05) is 0 Å². The molecule has 13 aliphatic rings. The predicted molar refractivity (Wildman–Crippen MR) is 269 cm³/mol. The first-order chi connectivity index (χ1) is 39.4. The van der Waals surface area contributed by atoms with Crippen LogP contribution < -0.4 is 18.9 Å². The first kappa shape index (κ1) is 50.6. The highest BCUT2D eigenvalue weighted by Crippen LogP contribution is 2.59. The summed E-state index contributed by atoms with van der Waals surface area (Å²) in [6, 6.07) is 1.78. The second-order valence-electron chi connectivity index (χ2n) is 23.0. The molecule has 436 valence electrons. The van der Waals surface area contributed by atoms with Gasteiger partial charge in [-0.1, -0.05) is 0 Å². The maximum absolute atomic E-state index is 15.4. The normalized spacial score (nSPS) is 32.3. The molecule has 0 spiro atoms. The molecule has 0 bridgehead atoms. The molecule has 0 atom stereocenters. The Kier molecular flexibility index (Phi) is 10.3. The van der Waals surface area contributed by atoms with Crippen LogP contribution in [0.3, 0.4) is 0 Å². The lowest BCUT2D eigenvalue weighted by Crippen LogP contribution is -2.69. The number of hydrogen-bond acceptors (Lipinski definition) is 16. The lowest BCUT2D eigenvalue weighted by Gasteiger charge is -2.49. The van der Waals surface area contributed by atoms with Crippen molar-refractivity contribution in [1.82, 2.24) is 78.4 Å². The molecular weight excluding hydrogens is 1080 g/mol. The third kappa shape index (κ3) is 5.65. The Labute approximate surface area is 466 Å². The molecule has 11 saturated heterocycles. The van der Waals surface area contributed by atoms with Gasteiger partial charge >= 0.3 is 48.2 Å². The lowest BCUT2D eigenvalue weighted by molar-refractivity contribution is -0.0871. The van der Waals surface area contributed by atoms with Gasteiger partial charge in [0.2, 0.25) is 0 Å². The Morgan fingerprint density at radius 2 is 0.524 bits per heavy atom. The third-order valence-electron chi connectivity index (χ3n) is 20.0. The first-order valence-electron chi connectivity index (χ1n) is 27.3. The quantitative estimate of drug-likeness (QED) is 0.193. The number of urea groups is 8. The maximum atomic E-state index is 15.4. The van der Waals surface area contributed by atoms with Gasteiger partial charge in [-0.25, -0.2) is 38.4 Å². The van der Waals surface area contributed by atoms with Crippen LogP contribution in [0.4, 0.5) is 38.4 Å². The monoisotopic (exact) mass is 1140 g/mol. The van der Waals surface area contributed by atoms with Gasteiger partial charge in [0.25, 0.3) is 0 Å². The number of carbonyl (C=O) groups excluding carboxylic acids is 8. The molecule has 13 aliphatic heterocycles. The molecule has 82 heavy (non-hydrogen) atoms. The fourth-order valence-electron chi connectivity index (χ4n) is 15.8. The van der Waals surface area contributed by atoms with Gasteiger partial charge in [-0.15, -0.1) is 0 Å². The summed E-state index contributed by atoms with van der Waals surface area (Å²) < 4.78 is 23.9. The van der Waals surface area contributed by atoms with Crippen molar-refractivity contribution in [3.05, 3.63) is 46.5 Å². The molecule has 32 nitrogen and oxygen atoms in total. The molecular formula is C50H60N16O16. The van der Waals surface area contributed by atoms with E-state index in [-0.39, 0.29) is 79.0 Å². The van der Waals surface area contributed by atoms with Gasteiger partial charge in [-0.05, 0) is 52.0 Å². The van der Waals surface area contributed by atoms with E-state index < -0.39 is 136 Å². The van der Waals surface area contributed by atoms with E-state index in [1.54, 1.807) is 52.0 Å². The molecule has 13 heterocycles. The predicted octanol–water partition coefficient (Wildman–Crippen LogP) is -1.25. The summed E-state index contributed by atoms with van der Waals surface area (Å²) in [5, 5.41) is 38.9. The zero-order valence-corrected chi connectivity index (χ0v) is 45.2. The summed E-state index contributed by atoms with van der Waals surface area (Å²) >= 11 is 0. The second kappa shape index (κ2) is 16.6. The molecule has 4 N–H and O–H groups in total. The minimum atomic E-state index is -1.56. The third-order valence-corrected chi connectivity index (χ3v) is 20.0. The highest BCUT2D eigenvalue weighted by atomic mass is 16.5. The molecule has 0 saturated carbocycles. The Morgan fingerprint density at radius 1 is 0.329 bits per heavy atom. The maximum Gasteiger partial charge on any atom is 0.326 e. The zero-order valence-electron chi connectivity index (χ0n) is 45.2. The molecule has 0 aliphatic carbocycles. The van der Waals surface area contributed by atoms with Gasteiger partial charge in [-0.2, -0.15) is 0 Å². The van der Waals surface area contributed by atoms with Crippen LogP contribution >= 0.6 is 0 Å². The Bertz CT molecular complexity index is 2870. The van der Waals surface area contributed by atoms with E-state index in [4.69, 9.17) is 18.9 Å². The van der Waals surface area contributed by atoms with Crippen molar-refractivity contribution in [2.75, 3.05) is 92.9 Å². The molecule has 2 aromatic carbocycles. The summed E-state index contributed by atoms with van der Waals surface area (Å²) in [5.41, 5.74) is -4.03. The topological polar surface area (TPSA) is 306 Å². The molecule has 11 fully saturated rings. The minimum Gasteiger partial charge on any atom is -0.491 e. The number of hydrogen-bond donors (Lipinski definition) is 4. The van der Waals surface area contributed by atoms with Crippen LogP contribution in [0.15, 0.2) is 24.3 Å². The highest BCUT2D eigenvalue weighted by Gasteiger charge is 2.80. The number of aliphatic hydroxyl groups excluding tert-OH is 4. The Morgan fingerprint density at radius 3 is 0.732 bits per heavy atom. The Balaban J connectivity index is 0.785. The van der Waals surface area contributed by atoms with Crippen LogP contribution in [-0.4, -0.2) is 287 Å². The molecule has 0 aromatic heterocycles. The van der Waals surface area contributed by atoms with Gasteiger partial charge in [0.15, 0.2) is 47.3 Å². The molecule has 0 radical (unpaired) electrons. The van der Waals surface area contributed by atoms with Crippen molar-refractivity contribution in [1.29, 1.82) is 0 Å². The number of fused-ring (bicyclic) bond motifs is 2. The average Bonchev–Trinajstić information content (AvgIpc) is 1.95. The number of ether oxygens (including phenoxy) is 4. The highest BCUT2D eigenvalue weighted by molar-refractivity contribution is 5.94. The average molecular weight is 1140 g/mol. The summed E-state index contributed by atoms with van der Waals surface area (Å²) in [6.45, 7) is 2.44. The number of aliphatic hydroxyl groups is 4. The van der Waals surface area contributed by atoms with Crippen molar-refractivity contribution in [3.63, 3.8) is 0 Å². The van der Waals surface area contributed by atoms with Crippen LogP contribution in [0.2, 0.25) is 0 Å². The van der Waals surface area contributed by atoms with Crippen molar-refractivity contribution >= 4 is 48.2 Å². The van der Waals surface area contributed by atoms with Crippen molar-refractivity contribution in [2.45, 2.75) is 101 Å². The van der Waals surface area contributed by atoms with Gasteiger partial charge in [0.05, 0.1) is 52.6 Å². The van der Waals surface area contributed by atoms with Crippen molar-refractivity contribution < 1.29 is 77.7 Å². The number of nitrogens with zero attached hydrogens (tertiary/aromatic N) is 16. The van der Waals surface area contributed by atoms with Crippen molar-refractivity contribution in [3.8, 4) is 23.0 Å². The van der Waals surface area contributed by atoms with Crippen LogP contribution in [0, 0.1) is 0 Å². The molecule has 15 rings (SSSR count). The van der Waals surface area contributed by atoms with Gasteiger partial charge in [0, 0.05) is 22.3 Å². The number of rotatable bonds is 12. The lowest BCUT2D eigenvalue weighted by atomic mass is 9.95. The first-order valence-corrected chi connectivity index (χ1v) is 27.3. The fourth-order valence-corrected chi connectivity index (χ4v) is 15.8. The Hall–Kier alpha value is -8.36. The van der Waals surface area contributed by atoms with E-state index in [0.717, 1.165) is 0 Å². The largest absolute Gasteiger partial charge is 0.491 e. The van der Waals surface area contributed by atoms with Crippen LogP contribution in [0.5, 0.6) is 23.0 Å². The molecule has 16 amide bonds. The summed E-state index contributed by atoms with van der Waals surface area (Å²) in [4.78, 5) is 146. The van der Waals surface area contributed by atoms with Crippen LogP contribution in [0.25, 0.3) is 0 Å². The smallest absolute Gasteiger partial charge is 0.326 e. The number of benzene rings is 2. The van der Waals surface area contributed by atoms with E-state index in [0.29, 0.717) is 45.3 Å². The SMILES string of the molecule is CC12N3Cc4c(OCCO)ccc(OCCO)c4CN1C(=O)N1CN4C(=O)N5CN6C(=O)N7CN8C(=O)N9Cc%10c(OCCO)ccc(OCCO)c%10CN%10C(=O)N(CN%11C(=O)N(CN%12C(=O)N(CN(C3=O)C12C)C4C%125)C6C%117)C8(C)C%109C. The van der Waals surface area contributed by atoms with E-state index in [1.165, 1.54) is 78.4 Å². The summed E-state index contributed by atoms with van der Waals surface area (Å²) in [6.07, 6.45) is -4.65. The number of amides is 16. The summed E-state index contributed by atoms with van der Waals surface area (Å²) in [5.74, 6) is 1.36. The number of carbonyl (C=O) groups is 8. The standard InChI is InChI=1S/C50H60N16O16/c1-47-49(3)63-23-55-37-35-51(39(55)71)21-53-36-38-57(41(53)73)25-65-45(77)61-19-29-30(34(82-16-12-70)8-7-33(29)81-15-11-69)20-62-46(78)66(50(65,4)48(61,62)2)26-58(38)42(74)54(36)22-52(35)40(72)56(37)24-64(49)44(76)60(47)18-28-27(17-59(47)43(63)75)31(79-13-9-67)5-6-32(28)80-14-10-68/h5-8,35-38,67-70H,9-26H2,1-4H3. The van der Waals surface area contributed by atoms with Crippen LogP contribution in [-0.2, 0) is 26.2 Å². The minimum absolute atomic E-state index is 0.0705. The van der Waals surface area contributed by atoms with Gasteiger partial charge in [-0.3, -0.25) is 78.4 Å². The molecule has 0 unspecified atom stereocenters. The van der Waals surface area contributed by atoms with Gasteiger partial charge < -0.3 is 39.4 Å². The molecule has 32 heteroatoms.